The second kappa shape index (κ2) is 5.80. The van der Waals surface area contributed by atoms with Crippen LogP contribution in [-0.4, -0.2) is 10.9 Å². The summed E-state index contributed by atoms with van der Waals surface area (Å²) < 4.78 is 0. The number of aryl methyl sites for hydroxylation is 1. The topological polar surface area (TPSA) is 32.6 Å². The van der Waals surface area contributed by atoms with Gasteiger partial charge >= 0.3 is 0 Å². The molecule has 0 saturated carbocycles. The van der Waals surface area contributed by atoms with Crippen molar-refractivity contribution in [3.05, 3.63) is 76.9 Å². The van der Waals surface area contributed by atoms with E-state index in [1.54, 1.807) is 0 Å². The fraction of sp³-hybridized carbons (Fsp3) is 0.250. The fourth-order valence-corrected chi connectivity index (χ4v) is 3.22. The molecule has 1 aliphatic rings. The van der Waals surface area contributed by atoms with Crippen LogP contribution in [0.15, 0.2) is 65.3 Å². The molecule has 2 aromatic carbocycles. The van der Waals surface area contributed by atoms with Crippen molar-refractivity contribution in [3.8, 4) is 0 Å². The molecule has 112 valence electrons. The minimum atomic E-state index is -0.302. The van der Waals surface area contributed by atoms with Crippen LogP contribution < -0.4 is 0 Å². The lowest BCUT2D eigenvalue weighted by atomic mass is 9.72. The van der Waals surface area contributed by atoms with Crippen molar-refractivity contribution in [2.75, 3.05) is 0 Å². The van der Waals surface area contributed by atoms with Crippen LogP contribution in [0.2, 0.25) is 0 Å². The van der Waals surface area contributed by atoms with Crippen molar-refractivity contribution in [1.82, 2.24) is 0 Å². The van der Waals surface area contributed by atoms with E-state index in [0.29, 0.717) is 0 Å². The van der Waals surface area contributed by atoms with Gasteiger partial charge in [-0.1, -0.05) is 85.2 Å². The van der Waals surface area contributed by atoms with E-state index in [1.807, 2.05) is 30.3 Å². The van der Waals surface area contributed by atoms with Crippen LogP contribution in [0.3, 0.4) is 0 Å². The molecule has 0 atom stereocenters. The zero-order chi connectivity index (χ0) is 15.6. The summed E-state index contributed by atoms with van der Waals surface area (Å²) in [5.41, 5.74) is 5.37. The van der Waals surface area contributed by atoms with Crippen molar-refractivity contribution in [3.63, 3.8) is 0 Å². The van der Waals surface area contributed by atoms with Gasteiger partial charge in [-0.05, 0) is 24.0 Å². The van der Waals surface area contributed by atoms with E-state index >= 15 is 0 Å². The Morgan fingerprint density at radius 3 is 2.36 bits per heavy atom. The molecular formula is C20H21NO. The van der Waals surface area contributed by atoms with E-state index < -0.39 is 0 Å². The van der Waals surface area contributed by atoms with Crippen molar-refractivity contribution >= 4 is 11.8 Å². The zero-order valence-corrected chi connectivity index (χ0v) is 13.1. The van der Waals surface area contributed by atoms with Crippen LogP contribution in [0.1, 0.15) is 37.0 Å². The lowest BCUT2D eigenvalue weighted by Gasteiger charge is -2.32. The zero-order valence-electron chi connectivity index (χ0n) is 13.1. The van der Waals surface area contributed by atoms with E-state index in [2.05, 4.69) is 49.3 Å². The van der Waals surface area contributed by atoms with Gasteiger partial charge in [0.05, 0.1) is 5.71 Å². The maximum atomic E-state index is 9.60. The van der Waals surface area contributed by atoms with Crippen molar-refractivity contribution in [2.45, 2.75) is 26.7 Å². The molecule has 0 aromatic heterocycles. The average Bonchev–Trinajstić information content (AvgIpc) is 2.56. The van der Waals surface area contributed by atoms with Gasteiger partial charge in [-0.2, -0.15) is 0 Å². The Kier molecular flexibility index (Phi) is 3.84. The summed E-state index contributed by atoms with van der Waals surface area (Å²) in [5, 5.41) is 13.2. The highest BCUT2D eigenvalue weighted by Gasteiger charge is 2.32. The summed E-state index contributed by atoms with van der Waals surface area (Å²) in [6.07, 6.45) is 4.29. The summed E-state index contributed by atoms with van der Waals surface area (Å²) in [5.74, 6) is 0. The highest BCUT2D eigenvalue weighted by atomic mass is 16.4. The Hall–Kier alpha value is -2.35. The van der Waals surface area contributed by atoms with Crippen LogP contribution in [0.4, 0.5) is 0 Å². The third-order valence-corrected chi connectivity index (χ3v) is 4.59. The molecule has 1 aliphatic carbocycles. The maximum absolute atomic E-state index is 9.60. The number of oxime groups is 1. The lowest BCUT2D eigenvalue weighted by molar-refractivity contribution is 0.312. The van der Waals surface area contributed by atoms with Crippen molar-refractivity contribution in [2.24, 2.45) is 10.6 Å². The fourth-order valence-electron chi connectivity index (χ4n) is 3.22. The molecule has 2 heteroatoms. The first-order chi connectivity index (χ1) is 10.6. The van der Waals surface area contributed by atoms with Gasteiger partial charge < -0.3 is 5.21 Å². The molecule has 0 heterocycles. The van der Waals surface area contributed by atoms with Crippen molar-refractivity contribution in [1.29, 1.82) is 0 Å². The Morgan fingerprint density at radius 1 is 0.955 bits per heavy atom. The first-order valence-corrected chi connectivity index (χ1v) is 7.70. The molecule has 0 bridgehead atoms. The number of allylic oxidation sites excluding steroid dienone is 1. The summed E-state index contributed by atoms with van der Waals surface area (Å²) in [7, 11) is 0. The lowest BCUT2D eigenvalue weighted by Crippen LogP contribution is -2.29. The predicted molar refractivity (Wildman–Crippen MR) is 91.3 cm³/mol. The molecule has 0 amide bonds. The standard InChI is InChI=1S/C20H21NO/c1-20(2,19(21-22)16-9-4-3-5-10-16)18-13-12-15-8-6-7-11-17(15)14-18/h3-11,14,22H,12-13H2,1-2H3/b21-19+. The van der Waals surface area contributed by atoms with Crippen LogP contribution in [-0.2, 0) is 6.42 Å². The monoisotopic (exact) mass is 291 g/mol. The molecule has 0 radical (unpaired) electrons. The third kappa shape index (κ3) is 2.57. The molecule has 22 heavy (non-hydrogen) atoms. The Balaban J connectivity index is 2.01. The third-order valence-electron chi connectivity index (χ3n) is 4.59. The van der Waals surface area contributed by atoms with Gasteiger partial charge in [0.1, 0.15) is 0 Å². The molecule has 0 spiro atoms. The quantitative estimate of drug-likeness (QED) is 0.486. The number of nitrogens with zero attached hydrogens (tertiary/aromatic N) is 1. The SMILES string of the molecule is CC(C)(C1=Cc2ccccc2CC1)/C(=N/O)c1ccccc1. The van der Waals surface area contributed by atoms with Gasteiger partial charge in [0.15, 0.2) is 0 Å². The number of rotatable bonds is 3. The second-order valence-corrected chi connectivity index (χ2v) is 6.31. The van der Waals surface area contributed by atoms with E-state index in [1.165, 1.54) is 16.7 Å². The highest BCUT2D eigenvalue weighted by Crippen LogP contribution is 2.38. The summed E-state index contributed by atoms with van der Waals surface area (Å²) in [6, 6.07) is 18.4. The molecule has 0 saturated heterocycles. The van der Waals surface area contributed by atoms with Gasteiger partial charge in [-0.3, -0.25) is 0 Å². The smallest absolute Gasteiger partial charge is 0.0964 e. The first-order valence-electron chi connectivity index (χ1n) is 7.70. The molecular weight excluding hydrogens is 270 g/mol. The molecule has 2 nitrogen and oxygen atoms in total. The molecule has 1 N–H and O–H groups in total. The summed E-state index contributed by atoms with van der Waals surface area (Å²) >= 11 is 0. The number of hydrogen-bond acceptors (Lipinski definition) is 2. The van der Waals surface area contributed by atoms with Crippen LogP contribution in [0.25, 0.3) is 6.08 Å². The van der Waals surface area contributed by atoms with Crippen LogP contribution in [0.5, 0.6) is 0 Å². The number of benzene rings is 2. The van der Waals surface area contributed by atoms with Crippen molar-refractivity contribution < 1.29 is 5.21 Å². The van der Waals surface area contributed by atoms with E-state index in [0.717, 1.165) is 24.1 Å². The second-order valence-electron chi connectivity index (χ2n) is 6.31. The molecule has 0 unspecified atom stereocenters. The molecule has 2 aromatic rings. The minimum absolute atomic E-state index is 0.302. The Bertz CT molecular complexity index is 726. The molecule has 0 fully saturated rings. The summed E-state index contributed by atoms with van der Waals surface area (Å²) in [4.78, 5) is 0. The normalized spacial score (nSPS) is 15.2. The van der Waals surface area contributed by atoms with Gasteiger partial charge in [0.25, 0.3) is 0 Å². The highest BCUT2D eigenvalue weighted by molar-refractivity contribution is 6.06. The van der Waals surface area contributed by atoms with Crippen LogP contribution >= 0.6 is 0 Å². The van der Waals surface area contributed by atoms with E-state index in [4.69, 9.17) is 0 Å². The van der Waals surface area contributed by atoms with E-state index in [9.17, 15) is 5.21 Å². The maximum Gasteiger partial charge on any atom is 0.0964 e. The molecule has 0 aliphatic heterocycles. The van der Waals surface area contributed by atoms with Gasteiger partial charge in [0.2, 0.25) is 0 Å². The van der Waals surface area contributed by atoms with Crippen LogP contribution in [0, 0.1) is 5.41 Å². The van der Waals surface area contributed by atoms with Gasteiger partial charge in [-0.25, -0.2) is 0 Å². The largest absolute Gasteiger partial charge is 0.411 e. The Labute approximate surface area is 131 Å². The number of fused-ring (bicyclic) bond motifs is 1. The first kappa shape index (κ1) is 14.6. The minimum Gasteiger partial charge on any atom is -0.411 e. The van der Waals surface area contributed by atoms with Gasteiger partial charge in [-0.15, -0.1) is 0 Å². The predicted octanol–water partition coefficient (Wildman–Crippen LogP) is 4.92. The van der Waals surface area contributed by atoms with Gasteiger partial charge in [0, 0.05) is 11.0 Å². The average molecular weight is 291 g/mol. The number of hydrogen-bond donors (Lipinski definition) is 1. The van der Waals surface area contributed by atoms with E-state index in [-0.39, 0.29) is 5.41 Å². The Morgan fingerprint density at radius 2 is 1.64 bits per heavy atom. The summed E-state index contributed by atoms with van der Waals surface area (Å²) in [6.45, 7) is 4.27. The molecule has 3 rings (SSSR count).